The molecule has 24 heavy (non-hydrogen) atoms. The Balaban J connectivity index is 2.11. The lowest BCUT2D eigenvalue weighted by Crippen LogP contribution is -2.22. The maximum Gasteiger partial charge on any atom is 0.417 e. The molecule has 1 atom stereocenters. The third kappa shape index (κ3) is 4.98. The van der Waals surface area contributed by atoms with E-state index in [1.54, 1.807) is 24.3 Å². The second kappa shape index (κ2) is 7.69. The number of anilines is 1. The summed E-state index contributed by atoms with van der Waals surface area (Å²) < 4.78 is 43.1. The van der Waals surface area contributed by atoms with Crippen molar-refractivity contribution in [3.63, 3.8) is 0 Å². The molecule has 1 aromatic carbocycles. The van der Waals surface area contributed by atoms with Crippen LogP contribution in [0.3, 0.4) is 0 Å². The first-order valence-electron chi connectivity index (χ1n) is 6.83. The van der Waals surface area contributed by atoms with Crippen molar-refractivity contribution in [2.24, 2.45) is 0 Å². The summed E-state index contributed by atoms with van der Waals surface area (Å²) in [6, 6.07) is 7.20. The minimum atomic E-state index is -4.54. The number of aliphatic hydroxyl groups is 2. The molecule has 1 heterocycles. The lowest BCUT2D eigenvalue weighted by atomic mass is 10.2. The predicted molar refractivity (Wildman–Crippen MR) is 82.3 cm³/mol. The number of rotatable bonds is 6. The number of nitrogens with zero attached hydrogens (tertiary/aromatic N) is 1. The number of nitrogens with one attached hydrogen (secondary N) is 1. The summed E-state index contributed by atoms with van der Waals surface area (Å²) in [6.45, 7) is -0.256. The van der Waals surface area contributed by atoms with Gasteiger partial charge in [-0.1, -0.05) is 17.7 Å². The van der Waals surface area contributed by atoms with E-state index in [-0.39, 0.29) is 24.1 Å². The van der Waals surface area contributed by atoms with Crippen molar-refractivity contribution in [3.05, 3.63) is 47.1 Å². The van der Waals surface area contributed by atoms with E-state index in [0.717, 1.165) is 6.07 Å². The summed E-state index contributed by atoms with van der Waals surface area (Å²) in [7, 11) is 0. The van der Waals surface area contributed by atoms with E-state index in [1.807, 2.05) is 0 Å². The van der Waals surface area contributed by atoms with Gasteiger partial charge in [0.25, 0.3) is 0 Å². The predicted octanol–water partition coefficient (Wildman–Crippen LogP) is 3.31. The Labute approximate surface area is 140 Å². The summed E-state index contributed by atoms with van der Waals surface area (Å²) in [4.78, 5) is 3.59. The van der Waals surface area contributed by atoms with Gasteiger partial charge in [0.15, 0.2) is 0 Å². The van der Waals surface area contributed by atoms with Crippen LogP contribution in [-0.4, -0.2) is 34.5 Å². The van der Waals surface area contributed by atoms with Crippen molar-refractivity contribution in [1.29, 1.82) is 0 Å². The summed E-state index contributed by atoms with van der Waals surface area (Å²) in [5.74, 6) is 0.143. The molecule has 9 heteroatoms. The van der Waals surface area contributed by atoms with E-state index < -0.39 is 17.8 Å². The Kier molecular flexibility index (Phi) is 5.87. The zero-order valence-corrected chi connectivity index (χ0v) is 13.0. The number of pyridine rings is 1. The first-order valence-corrected chi connectivity index (χ1v) is 7.21. The SMILES string of the molecule is OCC(O)CNc1cccc(Oc2ncc(C(F)(F)F)cc2Cl)c1. The number of halogens is 4. The molecule has 1 aromatic heterocycles. The van der Waals surface area contributed by atoms with Gasteiger partial charge in [-0.05, 0) is 18.2 Å². The highest BCUT2D eigenvalue weighted by Gasteiger charge is 2.31. The second-order valence-corrected chi connectivity index (χ2v) is 5.26. The van der Waals surface area contributed by atoms with Crippen LogP contribution in [-0.2, 0) is 6.18 Å². The maximum atomic E-state index is 12.6. The topological polar surface area (TPSA) is 74.6 Å². The summed E-state index contributed by atoms with van der Waals surface area (Å²) in [5, 5.41) is 20.7. The molecule has 130 valence electrons. The summed E-state index contributed by atoms with van der Waals surface area (Å²) in [5.41, 5.74) is -0.378. The number of benzene rings is 1. The molecule has 5 nitrogen and oxygen atoms in total. The largest absolute Gasteiger partial charge is 0.437 e. The monoisotopic (exact) mass is 362 g/mol. The van der Waals surface area contributed by atoms with Crippen LogP contribution in [0.1, 0.15) is 5.56 Å². The fraction of sp³-hybridized carbons (Fsp3) is 0.267. The third-order valence-corrected chi connectivity index (χ3v) is 3.21. The molecular formula is C15H14ClF3N2O3. The third-order valence-electron chi connectivity index (χ3n) is 2.94. The van der Waals surface area contributed by atoms with Crippen LogP contribution in [0, 0.1) is 0 Å². The first kappa shape index (κ1) is 18.3. The van der Waals surface area contributed by atoms with Gasteiger partial charge in [0.1, 0.15) is 10.8 Å². The first-order chi connectivity index (χ1) is 11.3. The van der Waals surface area contributed by atoms with Gasteiger partial charge >= 0.3 is 6.18 Å². The average Bonchev–Trinajstić information content (AvgIpc) is 2.54. The molecule has 2 aromatic rings. The van der Waals surface area contributed by atoms with Crippen molar-refractivity contribution in [2.45, 2.75) is 12.3 Å². The molecule has 3 N–H and O–H groups in total. The van der Waals surface area contributed by atoms with E-state index in [1.165, 1.54) is 0 Å². The molecule has 0 fully saturated rings. The van der Waals surface area contributed by atoms with E-state index in [2.05, 4.69) is 10.3 Å². The average molecular weight is 363 g/mol. The summed E-state index contributed by atoms with van der Waals surface area (Å²) in [6.07, 6.45) is -4.81. The maximum absolute atomic E-state index is 12.6. The van der Waals surface area contributed by atoms with Crippen LogP contribution in [0.25, 0.3) is 0 Å². The number of ether oxygens (including phenoxy) is 1. The van der Waals surface area contributed by atoms with Gasteiger partial charge in [-0.2, -0.15) is 13.2 Å². The van der Waals surface area contributed by atoms with Crippen molar-refractivity contribution < 1.29 is 28.1 Å². The van der Waals surface area contributed by atoms with E-state index in [4.69, 9.17) is 21.4 Å². The quantitative estimate of drug-likeness (QED) is 0.735. The van der Waals surface area contributed by atoms with Crippen LogP contribution >= 0.6 is 11.6 Å². The second-order valence-electron chi connectivity index (χ2n) is 4.86. The molecule has 0 saturated heterocycles. The van der Waals surface area contributed by atoms with E-state index >= 15 is 0 Å². The number of alkyl halides is 3. The zero-order chi connectivity index (χ0) is 17.7. The molecule has 0 saturated carbocycles. The molecule has 0 aliphatic carbocycles. The number of aliphatic hydroxyl groups excluding tert-OH is 2. The Morgan fingerprint density at radius 3 is 2.67 bits per heavy atom. The van der Waals surface area contributed by atoms with Gasteiger partial charge in [0, 0.05) is 24.5 Å². The Morgan fingerprint density at radius 1 is 1.29 bits per heavy atom. The number of hydrogen-bond donors (Lipinski definition) is 3. The number of hydrogen-bond acceptors (Lipinski definition) is 5. The highest BCUT2D eigenvalue weighted by Crippen LogP contribution is 2.34. The van der Waals surface area contributed by atoms with E-state index in [0.29, 0.717) is 17.6 Å². The molecule has 0 aliphatic rings. The van der Waals surface area contributed by atoms with E-state index in [9.17, 15) is 18.3 Å². The van der Waals surface area contributed by atoms with Gasteiger partial charge in [-0.15, -0.1) is 0 Å². The Bertz CT molecular complexity index is 698. The lowest BCUT2D eigenvalue weighted by Gasteiger charge is -2.12. The van der Waals surface area contributed by atoms with Crippen LogP contribution in [0.5, 0.6) is 11.6 Å². The van der Waals surface area contributed by atoms with Crippen LogP contribution in [0.15, 0.2) is 36.5 Å². The van der Waals surface area contributed by atoms with Gasteiger partial charge in [-0.3, -0.25) is 0 Å². The van der Waals surface area contributed by atoms with Gasteiger partial charge in [-0.25, -0.2) is 4.98 Å². The highest BCUT2D eigenvalue weighted by molar-refractivity contribution is 6.31. The minimum absolute atomic E-state index is 0.124. The molecule has 2 rings (SSSR count). The van der Waals surface area contributed by atoms with Crippen molar-refractivity contribution >= 4 is 17.3 Å². The van der Waals surface area contributed by atoms with Crippen LogP contribution < -0.4 is 10.1 Å². The van der Waals surface area contributed by atoms with Gasteiger partial charge in [0.05, 0.1) is 18.3 Å². The zero-order valence-electron chi connectivity index (χ0n) is 12.2. The Hall–Kier alpha value is -2.03. The van der Waals surface area contributed by atoms with Crippen molar-refractivity contribution in [1.82, 2.24) is 4.98 Å². The molecule has 0 spiro atoms. The minimum Gasteiger partial charge on any atom is -0.437 e. The van der Waals surface area contributed by atoms with Crippen molar-refractivity contribution in [2.75, 3.05) is 18.5 Å². The normalized spacial score (nSPS) is 12.8. The molecule has 0 aliphatic heterocycles. The fourth-order valence-corrected chi connectivity index (χ4v) is 1.94. The van der Waals surface area contributed by atoms with Crippen LogP contribution in [0.4, 0.5) is 18.9 Å². The molecule has 0 amide bonds. The fourth-order valence-electron chi connectivity index (χ4n) is 1.74. The standard InChI is InChI=1S/C15H14ClF3N2O3/c16-13-4-9(15(17,18)19)6-21-14(13)24-12-3-1-2-10(5-12)20-7-11(23)8-22/h1-6,11,20,22-23H,7-8H2. The molecule has 0 radical (unpaired) electrons. The molecular weight excluding hydrogens is 349 g/mol. The smallest absolute Gasteiger partial charge is 0.417 e. The lowest BCUT2D eigenvalue weighted by molar-refractivity contribution is -0.137. The number of aromatic nitrogens is 1. The Morgan fingerprint density at radius 2 is 2.04 bits per heavy atom. The summed E-state index contributed by atoms with van der Waals surface area (Å²) >= 11 is 5.78. The molecule has 0 bridgehead atoms. The van der Waals surface area contributed by atoms with Crippen molar-refractivity contribution in [3.8, 4) is 11.6 Å². The van der Waals surface area contributed by atoms with Crippen LogP contribution in [0.2, 0.25) is 5.02 Å². The van der Waals surface area contributed by atoms with Gasteiger partial charge < -0.3 is 20.3 Å². The van der Waals surface area contributed by atoms with Gasteiger partial charge in [0.2, 0.25) is 5.88 Å². The molecule has 1 unspecified atom stereocenters. The highest BCUT2D eigenvalue weighted by atomic mass is 35.5.